The predicted octanol–water partition coefficient (Wildman–Crippen LogP) is 2.29. The molecule has 2 amide bonds. The molecule has 0 radical (unpaired) electrons. The zero-order valence-corrected chi connectivity index (χ0v) is 19.4. The van der Waals surface area contributed by atoms with Crippen LogP contribution in [0, 0.1) is 3.57 Å². The molecule has 1 saturated heterocycles. The fourth-order valence-electron chi connectivity index (χ4n) is 3.01. The Kier molecular flexibility index (Phi) is 7.06. The first-order chi connectivity index (χ1) is 13.8. The van der Waals surface area contributed by atoms with Gasteiger partial charge in [-0.05, 0) is 58.3 Å². The standard InChI is InChI=1S/C18H19IN2O6S2/c1-26-16(27-2)11-20(29(24,25)17-4-3-9-28-17)14-10-15(22)21(18(14)23)13-7-5-12(19)6-8-13/h3-9,14,16H,10-11H2,1-2H3. The van der Waals surface area contributed by atoms with Crippen LogP contribution in [-0.2, 0) is 29.1 Å². The molecule has 2 aromatic rings. The molecule has 1 atom stereocenters. The van der Waals surface area contributed by atoms with Crippen LogP contribution in [0.4, 0.5) is 5.69 Å². The molecule has 2 heterocycles. The number of amides is 2. The highest BCUT2D eigenvalue weighted by molar-refractivity contribution is 14.1. The first-order valence-electron chi connectivity index (χ1n) is 8.53. The number of sulfonamides is 1. The van der Waals surface area contributed by atoms with Crippen molar-refractivity contribution < 1.29 is 27.5 Å². The van der Waals surface area contributed by atoms with Gasteiger partial charge in [0.1, 0.15) is 10.3 Å². The monoisotopic (exact) mass is 550 g/mol. The van der Waals surface area contributed by atoms with E-state index in [9.17, 15) is 18.0 Å². The van der Waals surface area contributed by atoms with Crippen LogP contribution in [0.3, 0.4) is 0 Å². The Morgan fingerprint density at radius 3 is 2.41 bits per heavy atom. The maximum Gasteiger partial charge on any atom is 0.253 e. The minimum absolute atomic E-state index is 0.0800. The summed E-state index contributed by atoms with van der Waals surface area (Å²) < 4.78 is 38.8. The Balaban J connectivity index is 1.98. The van der Waals surface area contributed by atoms with Gasteiger partial charge in [0.05, 0.1) is 18.7 Å². The number of rotatable bonds is 8. The van der Waals surface area contributed by atoms with E-state index in [1.165, 1.54) is 20.3 Å². The van der Waals surface area contributed by atoms with E-state index in [4.69, 9.17) is 9.47 Å². The Bertz CT molecular complexity index is 974. The SMILES string of the molecule is COC(CN(C1CC(=O)N(c2ccc(I)cc2)C1=O)S(=O)(=O)c1cccs1)OC. The van der Waals surface area contributed by atoms with Crippen molar-refractivity contribution in [3.05, 3.63) is 45.3 Å². The quantitative estimate of drug-likeness (QED) is 0.285. The molecule has 1 aromatic carbocycles. The first kappa shape index (κ1) is 22.3. The molecule has 8 nitrogen and oxygen atoms in total. The number of imide groups is 1. The summed E-state index contributed by atoms with van der Waals surface area (Å²) in [4.78, 5) is 26.8. The zero-order valence-electron chi connectivity index (χ0n) is 15.6. The topological polar surface area (TPSA) is 93.2 Å². The van der Waals surface area contributed by atoms with E-state index in [0.717, 1.165) is 24.1 Å². The lowest BCUT2D eigenvalue weighted by molar-refractivity contribution is -0.125. The van der Waals surface area contributed by atoms with E-state index in [1.807, 2.05) is 0 Å². The normalized spacial score (nSPS) is 17.7. The van der Waals surface area contributed by atoms with Gasteiger partial charge < -0.3 is 9.47 Å². The fraction of sp³-hybridized carbons (Fsp3) is 0.333. The first-order valence-corrected chi connectivity index (χ1v) is 11.9. The van der Waals surface area contributed by atoms with Gasteiger partial charge in [-0.1, -0.05) is 6.07 Å². The summed E-state index contributed by atoms with van der Waals surface area (Å²) in [6.07, 6.45) is -1.14. The van der Waals surface area contributed by atoms with Crippen LogP contribution in [0.5, 0.6) is 0 Å². The van der Waals surface area contributed by atoms with Gasteiger partial charge in [-0.15, -0.1) is 11.3 Å². The molecule has 1 unspecified atom stereocenters. The van der Waals surface area contributed by atoms with Crippen LogP contribution in [0.25, 0.3) is 0 Å². The van der Waals surface area contributed by atoms with Gasteiger partial charge in [0.15, 0.2) is 6.29 Å². The summed E-state index contributed by atoms with van der Waals surface area (Å²) in [6.45, 7) is -0.225. The molecule has 0 aliphatic carbocycles. The van der Waals surface area contributed by atoms with Gasteiger partial charge in [-0.2, -0.15) is 4.31 Å². The average Bonchev–Trinajstić information content (AvgIpc) is 3.33. The van der Waals surface area contributed by atoms with E-state index in [1.54, 1.807) is 35.7 Å². The second-order valence-electron chi connectivity index (χ2n) is 6.17. The lowest BCUT2D eigenvalue weighted by Gasteiger charge is -2.28. The number of methoxy groups -OCH3 is 2. The van der Waals surface area contributed by atoms with Crippen LogP contribution in [0.2, 0.25) is 0 Å². The number of hydrogen-bond acceptors (Lipinski definition) is 7. The lowest BCUT2D eigenvalue weighted by Crippen LogP contribution is -2.48. The Labute approximate surface area is 186 Å². The molecule has 1 aliphatic rings. The van der Waals surface area contributed by atoms with Crippen LogP contribution >= 0.6 is 33.9 Å². The van der Waals surface area contributed by atoms with Crippen LogP contribution in [0.15, 0.2) is 46.0 Å². The molecule has 0 saturated carbocycles. The molecule has 0 spiro atoms. The van der Waals surface area contributed by atoms with Gasteiger partial charge in [-0.25, -0.2) is 13.3 Å². The zero-order chi connectivity index (χ0) is 21.2. The van der Waals surface area contributed by atoms with E-state index in [0.29, 0.717) is 5.69 Å². The van der Waals surface area contributed by atoms with Crippen molar-refractivity contribution in [3.8, 4) is 0 Å². The van der Waals surface area contributed by atoms with Gasteiger partial charge in [0, 0.05) is 17.8 Å². The van der Waals surface area contributed by atoms with E-state index < -0.39 is 34.2 Å². The predicted molar refractivity (Wildman–Crippen MR) is 116 cm³/mol. The molecule has 29 heavy (non-hydrogen) atoms. The van der Waals surface area contributed by atoms with Gasteiger partial charge in [0.25, 0.3) is 15.9 Å². The van der Waals surface area contributed by atoms with Crippen molar-refractivity contribution in [1.82, 2.24) is 4.31 Å². The third-order valence-electron chi connectivity index (χ3n) is 4.47. The third-order valence-corrected chi connectivity index (χ3v) is 8.43. The summed E-state index contributed by atoms with van der Waals surface area (Å²) in [7, 11) is -1.28. The third kappa shape index (κ3) is 4.54. The van der Waals surface area contributed by atoms with Gasteiger partial charge in [-0.3, -0.25) is 9.59 Å². The molecule has 1 aromatic heterocycles. The Hall–Kier alpha value is -1.38. The number of thiophene rings is 1. The largest absolute Gasteiger partial charge is 0.354 e. The van der Waals surface area contributed by atoms with Crippen LogP contribution in [-0.4, -0.2) is 57.6 Å². The highest BCUT2D eigenvalue weighted by Gasteiger charge is 2.47. The van der Waals surface area contributed by atoms with Crippen molar-refractivity contribution in [2.24, 2.45) is 0 Å². The molecular formula is C18H19IN2O6S2. The fourth-order valence-corrected chi connectivity index (χ4v) is 6.06. The van der Waals surface area contributed by atoms with Crippen molar-refractivity contribution in [3.63, 3.8) is 0 Å². The van der Waals surface area contributed by atoms with Crippen LogP contribution in [0.1, 0.15) is 6.42 Å². The highest BCUT2D eigenvalue weighted by atomic mass is 127. The highest BCUT2D eigenvalue weighted by Crippen LogP contribution is 2.31. The Morgan fingerprint density at radius 1 is 1.21 bits per heavy atom. The number of ether oxygens (including phenoxy) is 2. The number of carbonyl (C=O) groups is 2. The van der Waals surface area contributed by atoms with Crippen molar-refractivity contribution >= 4 is 61.5 Å². The summed E-state index contributed by atoms with van der Waals surface area (Å²) in [5.74, 6) is -1.05. The molecule has 11 heteroatoms. The average molecular weight is 550 g/mol. The lowest BCUT2D eigenvalue weighted by atomic mass is 10.2. The number of anilines is 1. The van der Waals surface area contributed by atoms with Crippen LogP contribution < -0.4 is 4.90 Å². The summed E-state index contributed by atoms with van der Waals surface area (Å²) in [6, 6.07) is 8.75. The van der Waals surface area contributed by atoms with Crippen molar-refractivity contribution in [2.45, 2.75) is 23.0 Å². The summed E-state index contributed by atoms with van der Waals surface area (Å²) >= 11 is 3.16. The number of carbonyl (C=O) groups excluding carboxylic acids is 2. The molecule has 156 valence electrons. The minimum Gasteiger partial charge on any atom is -0.354 e. The smallest absolute Gasteiger partial charge is 0.253 e. The van der Waals surface area contributed by atoms with E-state index >= 15 is 0 Å². The molecule has 0 bridgehead atoms. The second-order valence-corrected chi connectivity index (χ2v) is 10.5. The molecule has 0 N–H and O–H groups in total. The van der Waals surface area contributed by atoms with Crippen molar-refractivity contribution in [2.75, 3.05) is 25.7 Å². The molecular weight excluding hydrogens is 531 g/mol. The second kappa shape index (κ2) is 9.18. The number of benzene rings is 1. The maximum atomic E-state index is 13.2. The number of halogens is 1. The maximum absolute atomic E-state index is 13.2. The van der Waals surface area contributed by atoms with E-state index in [2.05, 4.69) is 22.6 Å². The number of hydrogen-bond donors (Lipinski definition) is 0. The number of nitrogens with zero attached hydrogens (tertiary/aromatic N) is 2. The summed E-state index contributed by atoms with van der Waals surface area (Å²) in [5, 5.41) is 1.63. The summed E-state index contributed by atoms with van der Waals surface area (Å²) in [5.41, 5.74) is 0.409. The molecule has 1 aliphatic heterocycles. The molecule has 1 fully saturated rings. The molecule has 3 rings (SSSR count). The minimum atomic E-state index is -4.03. The van der Waals surface area contributed by atoms with Gasteiger partial charge in [0.2, 0.25) is 5.91 Å². The van der Waals surface area contributed by atoms with E-state index in [-0.39, 0.29) is 17.2 Å². The van der Waals surface area contributed by atoms with Gasteiger partial charge >= 0.3 is 0 Å². The van der Waals surface area contributed by atoms with Crippen molar-refractivity contribution in [1.29, 1.82) is 0 Å². The Morgan fingerprint density at radius 2 is 1.86 bits per heavy atom.